The van der Waals surface area contributed by atoms with Crippen molar-refractivity contribution in [2.75, 3.05) is 10.6 Å². The Hall–Kier alpha value is -3.93. The van der Waals surface area contributed by atoms with E-state index in [9.17, 15) is 18.0 Å². The highest BCUT2D eigenvalue weighted by Crippen LogP contribution is 2.35. The van der Waals surface area contributed by atoms with Crippen molar-refractivity contribution >= 4 is 23.1 Å². The third kappa shape index (κ3) is 4.42. The molecule has 2 N–H and O–H groups in total. The number of hydrogen-bond donors (Lipinski definition) is 2. The van der Waals surface area contributed by atoms with Crippen molar-refractivity contribution in [1.82, 2.24) is 9.97 Å². The Balaban J connectivity index is 1.81. The third-order valence-corrected chi connectivity index (χ3v) is 3.64. The Morgan fingerprint density at radius 1 is 1.04 bits per heavy atom. The van der Waals surface area contributed by atoms with Gasteiger partial charge in [-0.2, -0.15) is 18.4 Å². The number of para-hydroxylation sites is 1. The largest absolute Gasteiger partial charge is 0.418 e. The first-order chi connectivity index (χ1) is 13.4. The van der Waals surface area contributed by atoms with Gasteiger partial charge in [0, 0.05) is 11.8 Å². The van der Waals surface area contributed by atoms with Crippen LogP contribution in [0.3, 0.4) is 0 Å². The predicted octanol–water partition coefficient (Wildman–Crippen LogP) is 4.36. The van der Waals surface area contributed by atoms with Crippen molar-refractivity contribution in [3.05, 3.63) is 77.7 Å². The SMILES string of the molecule is N#Cc1cccc(NC(=O)c2cc(Nc3ccccc3C(F)(F)F)ncn2)c1. The molecule has 2 aromatic carbocycles. The fourth-order valence-electron chi connectivity index (χ4n) is 2.39. The van der Waals surface area contributed by atoms with E-state index in [-0.39, 0.29) is 17.2 Å². The van der Waals surface area contributed by atoms with Gasteiger partial charge in [-0.25, -0.2) is 9.97 Å². The molecule has 0 radical (unpaired) electrons. The van der Waals surface area contributed by atoms with Gasteiger partial charge >= 0.3 is 6.18 Å². The standard InChI is InChI=1S/C19H12F3N5O/c20-19(21,22)14-6-1-2-7-15(14)27-17-9-16(24-11-25-17)18(28)26-13-5-3-4-12(8-13)10-23/h1-9,11H,(H,26,28)(H,24,25,27). The van der Waals surface area contributed by atoms with E-state index in [1.165, 1.54) is 30.3 Å². The Labute approximate surface area is 157 Å². The normalized spacial score (nSPS) is 10.8. The van der Waals surface area contributed by atoms with Crippen molar-refractivity contribution in [1.29, 1.82) is 5.26 Å². The van der Waals surface area contributed by atoms with Gasteiger partial charge in [-0.05, 0) is 30.3 Å². The van der Waals surface area contributed by atoms with Crippen LogP contribution in [0.25, 0.3) is 0 Å². The number of alkyl halides is 3. The first-order valence-electron chi connectivity index (χ1n) is 7.93. The number of nitriles is 1. The van der Waals surface area contributed by atoms with Crippen LogP contribution in [0.15, 0.2) is 60.9 Å². The molecule has 1 amide bonds. The molecular formula is C19H12F3N5O. The monoisotopic (exact) mass is 383 g/mol. The highest BCUT2D eigenvalue weighted by molar-refractivity contribution is 6.03. The smallest absolute Gasteiger partial charge is 0.340 e. The molecule has 0 unspecified atom stereocenters. The fourth-order valence-corrected chi connectivity index (χ4v) is 2.39. The van der Waals surface area contributed by atoms with Crippen molar-refractivity contribution in [2.24, 2.45) is 0 Å². The zero-order chi connectivity index (χ0) is 20.1. The number of benzene rings is 2. The van der Waals surface area contributed by atoms with Crippen LogP contribution in [-0.2, 0) is 6.18 Å². The molecule has 0 saturated heterocycles. The van der Waals surface area contributed by atoms with E-state index in [2.05, 4.69) is 20.6 Å². The van der Waals surface area contributed by atoms with Gasteiger partial charge in [0.2, 0.25) is 0 Å². The summed E-state index contributed by atoms with van der Waals surface area (Å²) in [6, 6.07) is 14.4. The second-order valence-electron chi connectivity index (χ2n) is 5.60. The number of nitrogens with one attached hydrogen (secondary N) is 2. The maximum Gasteiger partial charge on any atom is 0.418 e. The lowest BCUT2D eigenvalue weighted by molar-refractivity contribution is -0.136. The number of aromatic nitrogens is 2. The number of carbonyl (C=O) groups is 1. The van der Waals surface area contributed by atoms with E-state index >= 15 is 0 Å². The highest BCUT2D eigenvalue weighted by Gasteiger charge is 2.33. The van der Waals surface area contributed by atoms with E-state index in [0.717, 1.165) is 12.4 Å². The van der Waals surface area contributed by atoms with Gasteiger partial charge in [0.15, 0.2) is 0 Å². The molecular weight excluding hydrogens is 371 g/mol. The van der Waals surface area contributed by atoms with Gasteiger partial charge < -0.3 is 10.6 Å². The summed E-state index contributed by atoms with van der Waals surface area (Å²) in [4.78, 5) is 20.1. The topological polar surface area (TPSA) is 90.7 Å². The molecule has 28 heavy (non-hydrogen) atoms. The predicted molar refractivity (Wildman–Crippen MR) is 95.9 cm³/mol. The van der Waals surface area contributed by atoms with Crippen molar-refractivity contribution in [2.45, 2.75) is 6.18 Å². The summed E-state index contributed by atoms with van der Waals surface area (Å²) in [5.41, 5.74) is -0.342. The average molecular weight is 383 g/mol. The highest BCUT2D eigenvalue weighted by atomic mass is 19.4. The Morgan fingerprint density at radius 3 is 2.57 bits per heavy atom. The molecule has 0 atom stereocenters. The van der Waals surface area contributed by atoms with Crippen LogP contribution in [0.1, 0.15) is 21.6 Å². The van der Waals surface area contributed by atoms with Crippen molar-refractivity contribution in [3.63, 3.8) is 0 Å². The van der Waals surface area contributed by atoms with Gasteiger partial charge in [0.05, 0.1) is 22.9 Å². The molecule has 3 rings (SSSR count). The van der Waals surface area contributed by atoms with Crippen LogP contribution in [-0.4, -0.2) is 15.9 Å². The Kier molecular flexibility index (Phi) is 5.22. The van der Waals surface area contributed by atoms with Crippen molar-refractivity contribution in [3.8, 4) is 6.07 Å². The zero-order valence-electron chi connectivity index (χ0n) is 14.2. The molecule has 1 heterocycles. The second-order valence-corrected chi connectivity index (χ2v) is 5.60. The maximum atomic E-state index is 13.1. The maximum absolute atomic E-state index is 13.1. The lowest BCUT2D eigenvalue weighted by Crippen LogP contribution is -2.15. The first-order valence-corrected chi connectivity index (χ1v) is 7.93. The molecule has 0 spiro atoms. The minimum atomic E-state index is -4.54. The van der Waals surface area contributed by atoms with E-state index in [1.807, 2.05) is 6.07 Å². The molecule has 140 valence electrons. The molecule has 0 fully saturated rings. The minimum absolute atomic E-state index is 0.0302. The second kappa shape index (κ2) is 7.75. The van der Waals surface area contributed by atoms with Gasteiger partial charge in [-0.1, -0.05) is 18.2 Å². The van der Waals surface area contributed by atoms with Crippen molar-refractivity contribution < 1.29 is 18.0 Å². The summed E-state index contributed by atoms with van der Waals surface area (Å²) >= 11 is 0. The molecule has 1 aromatic heterocycles. The molecule has 0 aliphatic rings. The van der Waals surface area contributed by atoms with Gasteiger partial charge in [0.25, 0.3) is 5.91 Å². The average Bonchev–Trinajstić information content (AvgIpc) is 2.68. The molecule has 0 bridgehead atoms. The summed E-state index contributed by atoms with van der Waals surface area (Å²) in [7, 11) is 0. The lowest BCUT2D eigenvalue weighted by atomic mass is 10.1. The number of carbonyl (C=O) groups excluding carboxylic acids is 1. The van der Waals surface area contributed by atoms with Gasteiger partial charge in [-0.15, -0.1) is 0 Å². The summed E-state index contributed by atoms with van der Waals surface area (Å²) in [6.07, 6.45) is -3.47. The van der Waals surface area contributed by atoms with Crippen LogP contribution in [0.5, 0.6) is 0 Å². The number of rotatable bonds is 4. The van der Waals surface area contributed by atoms with Gasteiger partial charge in [0.1, 0.15) is 17.8 Å². The Bertz CT molecular complexity index is 1060. The first kappa shape index (κ1) is 18.8. The van der Waals surface area contributed by atoms with Crippen LogP contribution in [0.2, 0.25) is 0 Å². The van der Waals surface area contributed by atoms with Gasteiger partial charge in [-0.3, -0.25) is 4.79 Å². The van der Waals surface area contributed by atoms with Crippen LogP contribution >= 0.6 is 0 Å². The minimum Gasteiger partial charge on any atom is -0.340 e. The number of hydrogen-bond acceptors (Lipinski definition) is 5. The fraction of sp³-hybridized carbons (Fsp3) is 0.0526. The number of anilines is 3. The van der Waals surface area contributed by atoms with Crippen LogP contribution in [0.4, 0.5) is 30.4 Å². The lowest BCUT2D eigenvalue weighted by Gasteiger charge is -2.14. The Morgan fingerprint density at radius 2 is 1.82 bits per heavy atom. The third-order valence-electron chi connectivity index (χ3n) is 3.64. The summed E-state index contributed by atoms with van der Waals surface area (Å²) in [6.45, 7) is 0. The number of nitrogens with zero attached hydrogens (tertiary/aromatic N) is 3. The van der Waals surface area contributed by atoms with E-state index < -0.39 is 17.6 Å². The number of amides is 1. The molecule has 9 heteroatoms. The molecule has 0 aliphatic heterocycles. The van der Waals surface area contributed by atoms with E-state index in [0.29, 0.717) is 11.3 Å². The zero-order valence-corrected chi connectivity index (χ0v) is 14.2. The summed E-state index contributed by atoms with van der Waals surface area (Å²) in [5, 5.41) is 14.0. The molecule has 0 saturated carbocycles. The number of halogens is 3. The molecule has 3 aromatic rings. The van der Waals surface area contributed by atoms with E-state index in [1.54, 1.807) is 18.2 Å². The quantitative estimate of drug-likeness (QED) is 0.698. The summed E-state index contributed by atoms with van der Waals surface area (Å²) in [5.74, 6) is -0.563. The van der Waals surface area contributed by atoms with Crippen LogP contribution < -0.4 is 10.6 Å². The summed E-state index contributed by atoms with van der Waals surface area (Å²) < 4.78 is 39.3. The molecule has 0 aliphatic carbocycles. The molecule has 6 nitrogen and oxygen atoms in total. The van der Waals surface area contributed by atoms with Crippen LogP contribution in [0, 0.1) is 11.3 Å². The van der Waals surface area contributed by atoms with E-state index in [4.69, 9.17) is 5.26 Å².